The van der Waals surface area contributed by atoms with Gasteiger partial charge in [0.05, 0.1) is 11.7 Å². The Balaban J connectivity index is 1.92. The van der Waals surface area contributed by atoms with Crippen molar-refractivity contribution in [1.82, 2.24) is 15.5 Å². The number of hydrogen-bond acceptors (Lipinski definition) is 5. The van der Waals surface area contributed by atoms with Gasteiger partial charge in [0.2, 0.25) is 11.7 Å². The van der Waals surface area contributed by atoms with E-state index in [4.69, 9.17) is 8.94 Å². The quantitative estimate of drug-likeness (QED) is 0.902. The molecule has 0 aliphatic carbocycles. The van der Waals surface area contributed by atoms with E-state index in [9.17, 15) is 0 Å². The van der Waals surface area contributed by atoms with Gasteiger partial charge in [0.25, 0.3) is 0 Å². The molecule has 0 unspecified atom stereocenters. The van der Waals surface area contributed by atoms with Crippen LogP contribution < -0.4 is 5.32 Å². The van der Waals surface area contributed by atoms with E-state index in [-0.39, 0.29) is 5.41 Å². The molecule has 1 aliphatic rings. The summed E-state index contributed by atoms with van der Waals surface area (Å²) in [5.41, 5.74) is 0.0308. The summed E-state index contributed by atoms with van der Waals surface area (Å²) in [6, 6.07) is 3.67. The summed E-state index contributed by atoms with van der Waals surface area (Å²) < 4.78 is 10.8. The van der Waals surface area contributed by atoms with Crippen molar-refractivity contribution in [2.45, 2.75) is 31.6 Å². The van der Waals surface area contributed by atoms with Gasteiger partial charge in [0.1, 0.15) is 0 Å². The van der Waals surface area contributed by atoms with Gasteiger partial charge in [-0.25, -0.2) is 0 Å². The molecule has 1 aliphatic heterocycles. The minimum absolute atomic E-state index is 0.0308. The van der Waals surface area contributed by atoms with Crippen molar-refractivity contribution in [1.29, 1.82) is 0 Å². The number of aromatic nitrogens is 2. The van der Waals surface area contributed by atoms with E-state index in [1.165, 1.54) is 0 Å². The Kier molecular flexibility index (Phi) is 2.91. The lowest BCUT2D eigenvalue weighted by molar-refractivity contribution is 0.216. The highest BCUT2D eigenvalue weighted by atomic mass is 16.5. The summed E-state index contributed by atoms with van der Waals surface area (Å²) in [6.45, 7) is 4.20. The van der Waals surface area contributed by atoms with E-state index in [0.29, 0.717) is 11.6 Å². The second-order valence-electron chi connectivity index (χ2n) is 4.78. The van der Waals surface area contributed by atoms with Gasteiger partial charge < -0.3 is 14.3 Å². The molecule has 0 saturated carbocycles. The minimum Gasteiger partial charge on any atom is -0.461 e. The van der Waals surface area contributed by atoms with Gasteiger partial charge in [0.15, 0.2) is 5.76 Å². The molecule has 0 spiro atoms. The second-order valence-corrected chi connectivity index (χ2v) is 4.78. The van der Waals surface area contributed by atoms with E-state index >= 15 is 0 Å². The number of nitrogens with zero attached hydrogens (tertiary/aromatic N) is 2. The zero-order valence-corrected chi connectivity index (χ0v) is 10.5. The fraction of sp³-hybridized carbons (Fsp3) is 0.538. The third-order valence-corrected chi connectivity index (χ3v) is 3.86. The predicted octanol–water partition coefficient (Wildman–Crippen LogP) is 2.36. The third-order valence-electron chi connectivity index (χ3n) is 3.86. The number of rotatable bonds is 3. The molecule has 2 aromatic heterocycles. The van der Waals surface area contributed by atoms with Gasteiger partial charge in [-0.05, 0) is 44.5 Å². The lowest BCUT2D eigenvalue weighted by Gasteiger charge is -2.33. The first-order valence-corrected chi connectivity index (χ1v) is 6.43. The first-order valence-electron chi connectivity index (χ1n) is 6.43. The zero-order chi connectivity index (χ0) is 12.4. The summed E-state index contributed by atoms with van der Waals surface area (Å²) in [5, 5.41) is 7.40. The summed E-state index contributed by atoms with van der Waals surface area (Å²) in [5.74, 6) is 1.95. The molecule has 0 bridgehead atoms. The summed E-state index contributed by atoms with van der Waals surface area (Å²) >= 11 is 0. The van der Waals surface area contributed by atoms with E-state index < -0.39 is 0 Å². The van der Waals surface area contributed by atoms with Crippen LogP contribution in [0.25, 0.3) is 11.6 Å². The third kappa shape index (κ3) is 1.84. The van der Waals surface area contributed by atoms with Gasteiger partial charge in [-0.1, -0.05) is 12.1 Å². The molecular weight excluding hydrogens is 230 g/mol. The van der Waals surface area contributed by atoms with E-state index in [1.54, 1.807) is 6.26 Å². The molecular formula is C13H17N3O2. The van der Waals surface area contributed by atoms with Crippen molar-refractivity contribution >= 4 is 0 Å². The average molecular weight is 247 g/mol. The van der Waals surface area contributed by atoms with Crippen molar-refractivity contribution < 1.29 is 8.94 Å². The number of piperidine rings is 1. The van der Waals surface area contributed by atoms with Crippen LogP contribution in [0.15, 0.2) is 27.3 Å². The smallest absolute Gasteiger partial charge is 0.238 e. The second kappa shape index (κ2) is 4.57. The SMILES string of the molecule is CCC1(c2nc(-c3ccco3)no2)CCNCC1. The fourth-order valence-corrected chi connectivity index (χ4v) is 2.57. The molecule has 1 saturated heterocycles. The van der Waals surface area contributed by atoms with Gasteiger partial charge in [-0.15, -0.1) is 0 Å². The standard InChI is InChI=1S/C13H17N3O2/c1-2-13(5-7-14-8-6-13)12-15-11(16-18-12)10-4-3-9-17-10/h3-4,9,14H,2,5-8H2,1H3. The number of hydrogen-bond donors (Lipinski definition) is 1. The van der Waals surface area contributed by atoms with Crippen LogP contribution in [-0.2, 0) is 5.41 Å². The molecule has 3 heterocycles. The Morgan fingerprint density at radius 2 is 2.22 bits per heavy atom. The summed E-state index contributed by atoms with van der Waals surface area (Å²) in [4.78, 5) is 4.52. The molecule has 1 fully saturated rings. The minimum atomic E-state index is 0.0308. The molecule has 18 heavy (non-hydrogen) atoms. The van der Waals surface area contributed by atoms with Crippen LogP contribution in [0.3, 0.4) is 0 Å². The molecule has 0 radical (unpaired) electrons. The van der Waals surface area contributed by atoms with Crippen LogP contribution in [0.5, 0.6) is 0 Å². The predicted molar refractivity (Wildman–Crippen MR) is 66.1 cm³/mol. The molecule has 0 atom stereocenters. The van der Waals surface area contributed by atoms with E-state index in [2.05, 4.69) is 22.4 Å². The van der Waals surface area contributed by atoms with Crippen LogP contribution in [0.4, 0.5) is 0 Å². The average Bonchev–Trinajstić information content (AvgIpc) is 3.10. The van der Waals surface area contributed by atoms with Gasteiger partial charge >= 0.3 is 0 Å². The summed E-state index contributed by atoms with van der Waals surface area (Å²) in [7, 11) is 0. The fourth-order valence-electron chi connectivity index (χ4n) is 2.57. The molecule has 5 nitrogen and oxygen atoms in total. The van der Waals surface area contributed by atoms with Gasteiger partial charge in [0, 0.05) is 0 Å². The Morgan fingerprint density at radius 3 is 2.89 bits per heavy atom. The Labute approximate surface area is 106 Å². The highest BCUT2D eigenvalue weighted by Crippen LogP contribution is 2.36. The highest BCUT2D eigenvalue weighted by Gasteiger charge is 2.37. The van der Waals surface area contributed by atoms with Crippen molar-refractivity contribution in [3.8, 4) is 11.6 Å². The van der Waals surface area contributed by atoms with E-state index in [0.717, 1.165) is 38.2 Å². The van der Waals surface area contributed by atoms with Crippen LogP contribution in [0.2, 0.25) is 0 Å². The molecule has 96 valence electrons. The lowest BCUT2D eigenvalue weighted by atomic mass is 9.76. The van der Waals surface area contributed by atoms with Crippen LogP contribution >= 0.6 is 0 Å². The highest BCUT2D eigenvalue weighted by molar-refractivity contribution is 5.45. The number of furan rings is 1. The maximum Gasteiger partial charge on any atom is 0.238 e. The maximum atomic E-state index is 5.47. The van der Waals surface area contributed by atoms with Gasteiger partial charge in [-0.2, -0.15) is 4.98 Å². The summed E-state index contributed by atoms with van der Waals surface area (Å²) in [6.07, 6.45) is 4.73. The largest absolute Gasteiger partial charge is 0.461 e. The Bertz CT molecular complexity index is 498. The number of nitrogens with one attached hydrogen (secondary N) is 1. The first-order chi connectivity index (χ1) is 8.84. The normalized spacial score (nSPS) is 18.9. The molecule has 3 rings (SSSR count). The molecule has 0 amide bonds. The maximum absolute atomic E-state index is 5.47. The Morgan fingerprint density at radius 1 is 1.39 bits per heavy atom. The van der Waals surface area contributed by atoms with Gasteiger partial charge in [-0.3, -0.25) is 0 Å². The first kappa shape index (κ1) is 11.5. The van der Waals surface area contributed by atoms with Crippen molar-refractivity contribution in [2.24, 2.45) is 0 Å². The van der Waals surface area contributed by atoms with Crippen LogP contribution in [-0.4, -0.2) is 23.2 Å². The Hall–Kier alpha value is -1.62. The molecule has 2 aromatic rings. The van der Waals surface area contributed by atoms with E-state index in [1.807, 2.05) is 12.1 Å². The molecule has 5 heteroatoms. The zero-order valence-electron chi connectivity index (χ0n) is 10.5. The van der Waals surface area contributed by atoms with Crippen LogP contribution in [0, 0.1) is 0 Å². The molecule has 1 N–H and O–H groups in total. The van der Waals surface area contributed by atoms with Crippen molar-refractivity contribution in [2.75, 3.05) is 13.1 Å². The lowest BCUT2D eigenvalue weighted by Crippen LogP contribution is -2.39. The topological polar surface area (TPSA) is 64.1 Å². The monoisotopic (exact) mass is 247 g/mol. The van der Waals surface area contributed by atoms with Crippen LogP contribution in [0.1, 0.15) is 32.1 Å². The molecule has 0 aromatic carbocycles. The van der Waals surface area contributed by atoms with Crippen molar-refractivity contribution in [3.63, 3.8) is 0 Å². The van der Waals surface area contributed by atoms with Crippen molar-refractivity contribution in [3.05, 3.63) is 24.3 Å².